The molecule has 1 unspecified atom stereocenters. The topological polar surface area (TPSA) is 83.8 Å². The van der Waals surface area contributed by atoms with Crippen LogP contribution < -0.4 is 4.74 Å². The molecule has 0 saturated carbocycles. The lowest BCUT2D eigenvalue weighted by molar-refractivity contribution is -0.120. The Balaban J connectivity index is 2.00. The minimum atomic E-state index is -0.185. The average molecular weight is 356 g/mol. The Bertz CT molecular complexity index is 764. The van der Waals surface area contributed by atoms with Gasteiger partial charge in [0.25, 0.3) is 0 Å². The highest BCUT2D eigenvalue weighted by Gasteiger charge is 2.18. The predicted octanol–water partition coefficient (Wildman–Crippen LogP) is 3.76. The van der Waals surface area contributed by atoms with Crippen molar-refractivity contribution < 1.29 is 24.5 Å². The second-order valence-corrected chi connectivity index (χ2v) is 6.44. The molecule has 26 heavy (non-hydrogen) atoms. The van der Waals surface area contributed by atoms with Gasteiger partial charge < -0.3 is 19.7 Å². The lowest BCUT2D eigenvalue weighted by atomic mass is 9.88. The molecule has 5 heteroatoms. The molecule has 0 spiro atoms. The predicted molar refractivity (Wildman–Crippen MR) is 98.7 cm³/mol. The van der Waals surface area contributed by atoms with Gasteiger partial charge in [0.2, 0.25) is 0 Å². The number of carbonyl (C=O) groups excluding carboxylic acids is 2. The van der Waals surface area contributed by atoms with Crippen LogP contribution in [0.4, 0.5) is 0 Å². The molecule has 0 saturated heterocycles. The zero-order valence-electron chi connectivity index (χ0n) is 15.1. The number of ketones is 2. The van der Waals surface area contributed by atoms with Gasteiger partial charge in [0.1, 0.15) is 17.3 Å². The molecule has 0 radical (unpaired) electrons. The number of carbonyl (C=O) groups is 2. The lowest BCUT2D eigenvalue weighted by Gasteiger charge is -2.15. The maximum Gasteiger partial charge on any atom is 0.160 e. The number of ether oxygens (including phenoxy) is 1. The number of phenolic OH excluding ortho intramolecular Hbond substituents is 2. The third kappa shape index (κ3) is 5.62. The first-order valence-corrected chi connectivity index (χ1v) is 8.55. The van der Waals surface area contributed by atoms with Gasteiger partial charge in [-0.1, -0.05) is 18.2 Å². The number of hydrogen-bond acceptors (Lipinski definition) is 5. The van der Waals surface area contributed by atoms with Crippen molar-refractivity contribution in [2.24, 2.45) is 0 Å². The Morgan fingerprint density at radius 1 is 1.04 bits per heavy atom. The SMILES string of the molecule is COc1cc(CCC(=O)CC(CC(C)=O)c2ccc(O)cc2)ccc1O. The summed E-state index contributed by atoms with van der Waals surface area (Å²) in [5.74, 6) is 0.512. The summed E-state index contributed by atoms with van der Waals surface area (Å²) in [5, 5.41) is 19.0. The Kier molecular flexibility index (Phi) is 6.78. The Labute approximate surface area is 153 Å². The van der Waals surface area contributed by atoms with E-state index in [0.717, 1.165) is 11.1 Å². The number of Topliss-reactive ketones (excluding diaryl/α,β-unsaturated/α-hetero) is 2. The van der Waals surface area contributed by atoms with E-state index >= 15 is 0 Å². The molecule has 0 fully saturated rings. The van der Waals surface area contributed by atoms with Gasteiger partial charge in [-0.3, -0.25) is 4.79 Å². The maximum atomic E-state index is 12.4. The van der Waals surface area contributed by atoms with Crippen LogP contribution in [0, 0.1) is 0 Å². The molecule has 0 aliphatic rings. The number of hydrogen-bond donors (Lipinski definition) is 2. The van der Waals surface area contributed by atoms with Gasteiger partial charge >= 0.3 is 0 Å². The molecule has 2 N–H and O–H groups in total. The van der Waals surface area contributed by atoms with E-state index in [9.17, 15) is 19.8 Å². The van der Waals surface area contributed by atoms with Crippen molar-refractivity contribution in [3.8, 4) is 17.2 Å². The fourth-order valence-electron chi connectivity index (χ4n) is 2.94. The number of benzene rings is 2. The summed E-state index contributed by atoms with van der Waals surface area (Å²) in [6.07, 6.45) is 1.46. The van der Waals surface area contributed by atoms with Crippen molar-refractivity contribution in [3.63, 3.8) is 0 Å². The molecule has 0 bridgehead atoms. The first kappa shape index (κ1) is 19.5. The third-order valence-corrected chi connectivity index (χ3v) is 4.31. The van der Waals surface area contributed by atoms with E-state index in [0.29, 0.717) is 25.0 Å². The van der Waals surface area contributed by atoms with E-state index in [1.165, 1.54) is 14.0 Å². The van der Waals surface area contributed by atoms with E-state index in [4.69, 9.17) is 4.74 Å². The molecule has 0 aliphatic heterocycles. The van der Waals surface area contributed by atoms with Crippen molar-refractivity contribution in [2.75, 3.05) is 7.11 Å². The minimum absolute atomic E-state index is 0.0270. The second-order valence-electron chi connectivity index (χ2n) is 6.44. The molecular formula is C21H24O5. The van der Waals surface area contributed by atoms with Crippen molar-refractivity contribution in [1.82, 2.24) is 0 Å². The van der Waals surface area contributed by atoms with Gasteiger partial charge in [0.15, 0.2) is 11.5 Å². The highest BCUT2D eigenvalue weighted by atomic mass is 16.5. The van der Waals surface area contributed by atoms with Crippen LogP contribution in [0.2, 0.25) is 0 Å². The zero-order valence-corrected chi connectivity index (χ0v) is 15.1. The van der Waals surface area contributed by atoms with E-state index in [1.807, 2.05) is 0 Å². The average Bonchev–Trinajstić information content (AvgIpc) is 2.60. The Morgan fingerprint density at radius 3 is 2.35 bits per heavy atom. The number of aryl methyl sites for hydroxylation is 1. The summed E-state index contributed by atoms with van der Waals surface area (Å²) in [6.45, 7) is 1.51. The van der Waals surface area contributed by atoms with Gasteiger partial charge in [-0.25, -0.2) is 0 Å². The number of phenols is 2. The lowest BCUT2D eigenvalue weighted by Crippen LogP contribution is -2.11. The fraction of sp³-hybridized carbons (Fsp3) is 0.333. The third-order valence-electron chi connectivity index (χ3n) is 4.31. The normalized spacial score (nSPS) is 11.8. The molecular weight excluding hydrogens is 332 g/mol. The second kappa shape index (κ2) is 9.04. The number of methoxy groups -OCH3 is 1. The fourth-order valence-corrected chi connectivity index (χ4v) is 2.94. The monoisotopic (exact) mass is 356 g/mol. The van der Waals surface area contributed by atoms with Crippen LogP contribution in [-0.4, -0.2) is 28.9 Å². The maximum absolute atomic E-state index is 12.4. The minimum Gasteiger partial charge on any atom is -0.508 e. The van der Waals surface area contributed by atoms with Crippen molar-refractivity contribution in [3.05, 3.63) is 53.6 Å². The number of rotatable bonds is 9. The molecule has 1 atom stereocenters. The number of aromatic hydroxyl groups is 2. The summed E-state index contributed by atoms with van der Waals surface area (Å²) in [5.41, 5.74) is 1.78. The molecule has 0 heterocycles. The molecule has 2 aromatic carbocycles. The van der Waals surface area contributed by atoms with E-state index < -0.39 is 0 Å². The van der Waals surface area contributed by atoms with Crippen molar-refractivity contribution in [1.29, 1.82) is 0 Å². The van der Waals surface area contributed by atoms with Crippen molar-refractivity contribution in [2.45, 2.75) is 38.5 Å². The summed E-state index contributed by atoms with van der Waals surface area (Å²) in [4.78, 5) is 24.0. The largest absolute Gasteiger partial charge is 0.508 e. The quantitative estimate of drug-likeness (QED) is 0.715. The van der Waals surface area contributed by atoms with E-state index in [2.05, 4.69) is 0 Å². The summed E-state index contributed by atoms with van der Waals surface area (Å²) in [7, 11) is 1.48. The van der Waals surface area contributed by atoms with Crippen LogP contribution in [0.3, 0.4) is 0 Å². The smallest absolute Gasteiger partial charge is 0.160 e. The van der Waals surface area contributed by atoms with Gasteiger partial charge in [0, 0.05) is 19.3 Å². The molecule has 5 nitrogen and oxygen atoms in total. The van der Waals surface area contributed by atoms with Gasteiger partial charge in [0.05, 0.1) is 7.11 Å². The van der Waals surface area contributed by atoms with E-state index in [1.54, 1.807) is 42.5 Å². The highest BCUT2D eigenvalue weighted by Crippen LogP contribution is 2.28. The molecule has 138 valence electrons. The summed E-state index contributed by atoms with van der Waals surface area (Å²) >= 11 is 0. The van der Waals surface area contributed by atoms with Gasteiger partial charge in [-0.2, -0.15) is 0 Å². The van der Waals surface area contributed by atoms with Crippen LogP contribution >= 0.6 is 0 Å². The van der Waals surface area contributed by atoms with Crippen molar-refractivity contribution >= 4 is 11.6 Å². The molecule has 0 amide bonds. The first-order chi connectivity index (χ1) is 12.4. The van der Waals surface area contributed by atoms with Crippen LogP contribution in [0.5, 0.6) is 17.2 Å². The summed E-state index contributed by atoms with van der Waals surface area (Å²) < 4.78 is 5.08. The van der Waals surface area contributed by atoms with Crippen LogP contribution in [-0.2, 0) is 16.0 Å². The first-order valence-electron chi connectivity index (χ1n) is 8.55. The van der Waals surface area contributed by atoms with Gasteiger partial charge in [-0.05, 0) is 54.7 Å². The highest BCUT2D eigenvalue weighted by molar-refractivity contribution is 5.82. The zero-order chi connectivity index (χ0) is 19.1. The Hall–Kier alpha value is -2.82. The molecule has 2 aromatic rings. The van der Waals surface area contributed by atoms with Crippen LogP contribution in [0.15, 0.2) is 42.5 Å². The van der Waals surface area contributed by atoms with Crippen LogP contribution in [0.1, 0.15) is 43.2 Å². The molecule has 0 aliphatic carbocycles. The van der Waals surface area contributed by atoms with Crippen LogP contribution in [0.25, 0.3) is 0 Å². The van der Waals surface area contributed by atoms with E-state index in [-0.39, 0.29) is 35.4 Å². The van der Waals surface area contributed by atoms with Gasteiger partial charge in [-0.15, -0.1) is 0 Å². The Morgan fingerprint density at radius 2 is 1.73 bits per heavy atom. The summed E-state index contributed by atoms with van der Waals surface area (Å²) in [6, 6.07) is 11.7. The molecule has 2 rings (SSSR count). The standard InChI is InChI=1S/C21H24O5/c1-14(22)11-17(16-5-8-18(23)9-6-16)13-19(24)7-3-15-4-10-20(25)21(12-15)26-2/h4-6,8-10,12,17,23,25H,3,7,11,13H2,1-2H3. The molecule has 0 aromatic heterocycles.